The van der Waals surface area contributed by atoms with Crippen LogP contribution in [0.25, 0.3) is 9.75 Å². The van der Waals surface area contributed by atoms with E-state index in [4.69, 9.17) is 5.73 Å². The molecule has 2 heterocycles. The Hall–Kier alpha value is -0.160. The van der Waals surface area contributed by atoms with Crippen molar-refractivity contribution in [2.45, 2.75) is 6.42 Å². The Morgan fingerprint density at radius 3 is 2.43 bits per heavy atom. The summed E-state index contributed by atoms with van der Waals surface area (Å²) in [6.07, 6.45) is 0.983. The van der Waals surface area contributed by atoms with E-state index in [1.807, 2.05) is 11.3 Å². The number of thiophene rings is 2. The molecular formula is C10H10BrNS2. The fourth-order valence-corrected chi connectivity index (χ4v) is 3.73. The van der Waals surface area contributed by atoms with Crippen molar-refractivity contribution in [1.29, 1.82) is 0 Å². The van der Waals surface area contributed by atoms with E-state index in [0.29, 0.717) is 0 Å². The summed E-state index contributed by atoms with van der Waals surface area (Å²) in [7, 11) is 0. The lowest BCUT2D eigenvalue weighted by atomic mass is 10.3. The van der Waals surface area contributed by atoms with Crippen LogP contribution >= 0.6 is 38.6 Å². The molecule has 2 aromatic rings. The van der Waals surface area contributed by atoms with Crippen LogP contribution in [-0.2, 0) is 6.42 Å². The van der Waals surface area contributed by atoms with E-state index in [-0.39, 0.29) is 0 Å². The van der Waals surface area contributed by atoms with Gasteiger partial charge in [0.25, 0.3) is 0 Å². The summed E-state index contributed by atoms with van der Waals surface area (Å²) in [5.41, 5.74) is 5.51. The molecular weight excluding hydrogens is 278 g/mol. The van der Waals surface area contributed by atoms with E-state index in [2.05, 4.69) is 40.2 Å². The van der Waals surface area contributed by atoms with Crippen LogP contribution in [0.5, 0.6) is 0 Å². The molecule has 1 nitrogen and oxygen atoms in total. The van der Waals surface area contributed by atoms with Crippen LogP contribution in [0.3, 0.4) is 0 Å². The molecule has 0 aliphatic rings. The van der Waals surface area contributed by atoms with E-state index >= 15 is 0 Å². The lowest BCUT2D eigenvalue weighted by Gasteiger charge is -1.90. The largest absolute Gasteiger partial charge is 0.330 e. The molecule has 2 rings (SSSR count). The standard InChI is InChI=1S/C10H10BrNS2/c11-10-4-3-9(14-10)8-2-1-7(13-8)5-6-12/h1-4H,5-6,12H2. The fraction of sp³-hybridized carbons (Fsp3) is 0.200. The Balaban J connectivity index is 2.24. The van der Waals surface area contributed by atoms with Gasteiger partial charge in [-0.2, -0.15) is 0 Å². The molecule has 2 aromatic heterocycles. The molecule has 0 aromatic carbocycles. The number of hydrogen-bond donors (Lipinski definition) is 1. The third-order valence-corrected chi connectivity index (χ3v) is 4.83. The normalized spacial score (nSPS) is 10.7. The van der Waals surface area contributed by atoms with Gasteiger partial charge in [-0.1, -0.05) is 0 Å². The van der Waals surface area contributed by atoms with Crippen LogP contribution < -0.4 is 5.73 Å². The molecule has 0 saturated heterocycles. The van der Waals surface area contributed by atoms with Crippen molar-refractivity contribution >= 4 is 38.6 Å². The first kappa shape index (κ1) is 10.4. The summed E-state index contributed by atoms with van der Waals surface area (Å²) in [5.74, 6) is 0. The smallest absolute Gasteiger partial charge is 0.0705 e. The highest BCUT2D eigenvalue weighted by Crippen LogP contribution is 2.35. The average Bonchev–Trinajstić information content (AvgIpc) is 2.74. The Kier molecular flexibility index (Phi) is 3.38. The number of hydrogen-bond acceptors (Lipinski definition) is 3. The van der Waals surface area contributed by atoms with Crippen molar-refractivity contribution in [3.63, 3.8) is 0 Å². The van der Waals surface area contributed by atoms with Gasteiger partial charge in [-0.15, -0.1) is 22.7 Å². The number of rotatable bonds is 3. The van der Waals surface area contributed by atoms with Crippen molar-refractivity contribution in [1.82, 2.24) is 0 Å². The molecule has 4 heteroatoms. The highest BCUT2D eigenvalue weighted by Gasteiger charge is 2.04. The van der Waals surface area contributed by atoms with Crippen molar-refractivity contribution in [3.8, 4) is 9.75 Å². The molecule has 0 aliphatic heterocycles. The Bertz CT molecular complexity index is 419. The van der Waals surface area contributed by atoms with Crippen molar-refractivity contribution < 1.29 is 0 Å². The molecule has 0 atom stereocenters. The number of nitrogens with two attached hydrogens (primary N) is 1. The van der Waals surface area contributed by atoms with Crippen molar-refractivity contribution in [3.05, 3.63) is 32.9 Å². The van der Waals surface area contributed by atoms with Gasteiger partial charge < -0.3 is 5.73 Å². The molecule has 74 valence electrons. The highest BCUT2D eigenvalue weighted by molar-refractivity contribution is 9.11. The van der Waals surface area contributed by atoms with Crippen molar-refractivity contribution in [2.75, 3.05) is 6.54 Å². The molecule has 2 N–H and O–H groups in total. The second-order valence-corrected chi connectivity index (χ2v) is 6.54. The maximum Gasteiger partial charge on any atom is 0.0705 e. The van der Waals surface area contributed by atoms with Gasteiger partial charge in [-0.3, -0.25) is 0 Å². The van der Waals surface area contributed by atoms with Gasteiger partial charge >= 0.3 is 0 Å². The minimum atomic E-state index is 0.730. The van der Waals surface area contributed by atoms with E-state index in [9.17, 15) is 0 Å². The molecule has 0 unspecified atom stereocenters. The van der Waals surface area contributed by atoms with E-state index in [1.54, 1.807) is 11.3 Å². The van der Waals surface area contributed by atoms with E-state index in [1.165, 1.54) is 18.4 Å². The van der Waals surface area contributed by atoms with Gasteiger partial charge in [0.05, 0.1) is 3.79 Å². The second-order valence-electron chi connectivity index (χ2n) is 2.91. The maximum atomic E-state index is 5.51. The van der Waals surface area contributed by atoms with Gasteiger partial charge in [0.1, 0.15) is 0 Å². The summed E-state index contributed by atoms with van der Waals surface area (Å²) >= 11 is 7.07. The zero-order valence-electron chi connectivity index (χ0n) is 7.50. The predicted octanol–water partition coefficient (Wildman–Crippen LogP) is 3.74. The number of halogens is 1. The zero-order valence-corrected chi connectivity index (χ0v) is 10.7. The van der Waals surface area contributed by atoms with Crippen LogP contribution in [0.4, 0.5) is 0 Å². The van der Waals surface area contributed by atoms with Crippen LogP contribution in [0, 0.1) is 0 Å². The molecule has 0 spiro atoms. The minimum Gasteiger partial charge on any atom is -0.330 e. The molecule has 14 heavy (non-hydrogen) atoms. The first-order chi connectivity index (χ1) is 6.79. The van der Waals surface area contributed by atoms with Gasteiger partial charge in [0.2, 0.25) is 0 Å². The quantitative estimate of drug-likeness (QED) is 0.914. The second kappa shape index (κ2) is 4.57. The lowest BCUT2D eigenvalue weighted by Crippen LogP contribution is -2.00. The summed E-state index contributed by atoms with van der Waals surface area (Å²) < 4.78 is 1.18. The van der Waals surface area contributed by atoms with Crippen LogP contribution in [0.15, 0.2) is 28.1 Å². The van der Waals surface area contributed by atoms with Gasteiger partial charge in [0.15, 0.2) is 0 Å². The lowest BCUT2D eigenvalue weighted by molar-refractivity contribution is 0.989. The van der Waals surface area contributed by atoms with Crippen LogP contribution in [0.2, 0.25) is 0 Å². The summed E-state index contributed by atoms with van der Waals surface area (Å²) in [6, 6.07) is 8.57. The summed E-state index contributed by atoms with van der Waals surface area (Å²) in [6.45, 7) is 0.730. The molecule has 0 radical (unpaired) electrons. The minimum absolute atomic E-state index is 0.730. The Labute approximate surface area is 99.7 Å². The topological polar surface area (TPSA) is 26.0 Å². The predicted molar refractivity (Wildman–Crippen MR) is 68.1 cm³/mol. The van der Waals surface area contributed by atoms with Gasteiger partial charge in [-0.25, -0.2) is 0 Å². The van der Waals surface area contributed by atoms with Gasteiger partial charge in [0, 0.05) is 14.6 Å². The molecule has 0 bridgehead atoms. The Morgan fingerprint density at radius 1 is 1.07 bits per heavy atom. The first-order valence-corrected chi connectivity index (χ1v) is 6.76. The molecule has 0 fully saturated rings. The van der Waals surface area contributed by atoms with Crippen molar-refractivity contribution in [2.24, 2.45) is 5.73 Å². The Morgan fingerprint density at radius 2 is 1.79 bits per heavy atom. The maximum absolute atomic E-state index is 5.51. The molecule has 0 saturated carbocycles. The fourth-order valence-electron chi connectivity index (χ4n) is 1.23. The monoisotopic (exact) mass is 287 g/mol. The molecule has 0 amide bonds. The van der Waals surface area contributed by atoms with E-state index < -0.39 is 0 Å². The average molecular weight is 288 g/mol. The summed E-state index contributed by atoms with van der Waals surface area (Å²) in [4.78, 5) is 4.03. The summed E-state index contributed by atoms with van der Waals surface area (Å²) in [5, 5.41) is 0. The highest BCUT2D eigenvalue weighted by atomic mass is 79.9. The van der Waals surface area contributed by atoms with Crippen LogP contribution in [-0.4, -0.2) is 6.54 Å². The van der Waals surface area contributed by atoms with Crippen LogP contribution in [0.1, 0.15) is 4.88 Å². The van der Waals surface area contributed by atoms with E-state index in [0.717, 1.165) is 13.0 Å². The SMILES string of the molecule is NCCc1ccc(-c2ccc(Br)s2)s1. The zero-order chi connectivity index (χ0) is 9.97. The van der Waals surface area contributed by atoms with Gasteiger partial charge in [-0.05, 0) is 53.2 Å². The first-order valence-electron chi connectivity index (χ1n) is 4.34. The molecule has 0 aliphatic carbocycles. The third-order valence-electron chi connectivity index (χ3n) is 1.87. The third kappa shape index (κ3) is 2.25.